The Morgan fingerprint density at radius 2 is 2.00 bits per heavy atom. The van der Waals surface area contributed by atoms with Gasteiger partial charge in [0.15, 0.2) is 0 Å². The van der Waals surface area contributed by atoms with Crippen molar-refractivity contribution in [1.82, 2.24) is 5.32 Å². The van der Waals surface area contributed by atoms with Crippen molar-refractivity contribution < 1.29 is 4.74 Å². The van der Waals surface area contributed by atoms with E-state index in [1.165, 1.54) is 5.56 Å². The van der Waals surface area contributed by atoms with Crippen molar-refractivity contribution in [1.29, 1.82) is 0 Å². The summed E-state index contributed by atoms with van der Waals surface area (Å²) in [6, 6.07) is 11.1. The number of hydrogen-bond donors (Lipinski definition) is 1. The van der Waals surface area contributed by atoms with Crippen LogP contribution >= 0.6 is 0 Å². The normalized spacial score (nSPS) is 20.1. The zero-order valence-corrected chi connectivity index (χ0v) is 10.2. The van der Waals surface area contributed by atoms with E-state index in [0.717, 1.165) is 26.2 Å². The first-order valence-electron chi connectivity index (χ1n) is 6.09. The SMILES string of the molecule is CCC(NCC1(C)COC1)c1ccccc1. The molecule has 0 aromatic heterocycles. The average Bonchev–Trinajstić information content (AvgIpc) is 2.29. The third-order valence-corrected chi connectivity index (χ3v) is 3.29. The first kappa shape index (κ1) is 11.6. The minimum atomic E-state index is 0.349. The van der Waals surface area contributed by atoms with E-state index in [0.29, 0.717) is 11.5 Å². The van der Waals surface area contributed by atoms with Crippen molar-refractivity contribution in [2.75, 3.05) is 19.8 Å². The molecule has 2 nitrogen and oxygen atoms in total. The zero-order valence-electron chi connectivity index (χ0n) is 10.2. The maximum Gasteiger partial charge on any atom is 0.0554 e. The van der Waals surface area contributed by atoms with Gasteiger partial charge in [-0.05, 0) is 12.0 Å². The van der Waals surface area contributed by atoms with Gasteiger partial charge in [-0.2, -0.15) is 0 Å². The summed E-state index contributed by atoms with van der Waals surface area (Å²) in [5.41, 5.74) is 1.73. The Kier molecular flexibility index (Phi) is 3.62. The van der Waals surface area contributed by atoms with Crippen LogP contribution in [0, 0.1) is 5.41 Å². The molecule has 1 N–H and O–H groups in total. The van der Waals surface area contributed by atoms with Crippen LogP contribution < -0.4 is 5.32 Å². The highest BCUT2D eigenvalue weighted by atomic mass is 16.5. The lowest BCUT2D eigenvalue weighted by atomic mass is 9.88. The molecule has 1 fully saturated rings. The van der Waals surface area contributed by atoms with Gasteiger partial charge < -0.3 is 10.1 Å². The summed E-state index contributed by atoms with van der Waals surface area (Å²) in [6.07, 6.45) is 1.13. The van der Waals surface area contributed by atoms with Gasteiger partial charge in [0.25, 0.3) is 0 Å². The van der Waals surface area contributed by atoms with Gasteiger partial charge in [-0.3, -0.25) is 0 Å². The van der Waals surface area contributed by atoms with Crippen LogP contribution in [0.3, 0.4) is 0 Å². The van der Waals surface area contributed by atoms with Crippen LogP contribution in [-0.4, -0.2) is 19.8 Å². The second-order valence-corrected chi connectivity index (χ2v) is 5.06. The van der Waals surface area contributed by atoms with E-state index >= 15 is 0 Å². The number of ether oxygens (including phenoxy) is 1. The van der Waals surface area contributed by atoms with Crippen molar-refractivity contribution in [2.45, 2.75) is 26.3 Å². The average molecular weight is 219 g/mol. The summed E-state index contributed by atoms with van der Waals surface area (Å²) < 4.78 is 5.27. The van der Waals surface area contributed by atoms with E-state index in [-0.39, 0.29) is 0 Å². The minimum Gasteiger partial charge on any atom is -0.380 e. The molecule has 1 saturated heterocycles. The molecule has 1 heterocycles. The lowest BCUT2D eigenvalue weighted by molar-refractivity contribution is -0.100. The number of hydrogen-bond acceptors (Lipinski definition) is 2. The fourth-order valence-corrected chi connectivity index (χ4v) is 2.11. The van der Waals surface area contributed by atoms with Crippen molar-refractivity contribution >= 4 is 0 Å². The minimum absolute atomic E-state index is 0.349. The highest BCUT2D eigenvalue weighted by Gasteiger charge is 2.33. The van der Waals surface area contributed by atoms with Crippen LogP contribution in [0.2, 0.25) is 0 Å². The first-order valence-corrected chi connectivity index (χ1v) is 6.09. The third kappa shape index (κ3) is 2.63. The monoisotopic (exact) mass is 219 g/mol. The molecular weight excluding hydrogens is 198 g/mol. The molecule has 0 bridgehead atoms. The predicted molar refractivity (Wildman–Crippen MR) is 66.4 cm³/mol. The van der Waals surface area contributed by atoms with Crippen molar-refractivity contribution in [2.24, 2.45) is 5.41 Å². The molecule has 1 aromatic rings. The number of benzene rings is 1. The number of rotatable bonds is 5. The summed E-state index contributed by atoms with van der Waals surface area (Å²) >= 11 is 0. The second-order valence-electron chi connectivity index (χ2n) is 5.06. The molecule has 1 aliphatic heterocycles. The lowest BCUT2D eigenvalue weighted by Gasteiger charge is -2.39. The van der Waals surface area contributed by atoms with E-state index < -0.39 is 0 Å². The lowest BCUT2D eigenvalue weighted by Crippen LogP contribution is -2.47. The van der Waals surface area contributed by atoms with E-state index in [4.69, 9.17) is 4.74 Å². The van der Waals surface area contributed by atoms with E-state index in [9.17, 15) is 0 Å². The zero-order chi connectivity index (χ0) is 11.4. The van der Waals surface area contributed by atoms with Gasteiger partial charge >= 0.3 is 0 Å². The molecule has 2 rings (SSSR count). The Labute approximate surface area is 98.0 Å². The van der Waals surface area contributed by atoms with Gasteiger partial charge in [-0.1, -0.05) is 44.2 Å². The highest BCUT2D eigenvalue weighted by Crippen LogP contribution is 2.27. The van der Waals surface area contributed by atoms with Gasteiger partial charge in [0.1, 0.15) is 0 Å². The maximum atomic E-state index is 5.27. The Balaban J connectivity index is 1.91. The van der Waals surface area contributed by atoms with E-state index in [1.807, 2.05) is 0 Å². The van der Waals surface area contributed by atoms with Gasteiger partial charge in [0.05, 0.1) is 13.2 Å². The van der Waals surface area contributed by atoms with Gasteiger partial charge in [-0.25, -0.2) is 0 Å². The van der Waals surface area contributed by atoms with E-state index in [1.54, 1.807) is 0 Å². The topological polar surface area (TPSA) is 21.3 Å². The Hall–Kier alpha value is -0.860. The molecule has 1 aromatic carbocycles. The Morgan fingerprint density at radius 3 is 2.50 bits per heavy atom. The first-order chi connectivity index (χ1) is 7.73. The molecule has 1 unspecified atom stereocenters. The van der Waals surface area contributed by atoms with Crippen LogP contribution in [0.25, 0.3) is 0 Å². The van der Waals surface area contributed by atoms with Crippen LogP contribution in [0.15, 0.2) is 30.3 Å². The molecule has 0 saturated carbocycles. The number of nitrogens with one attached hydrogen (secondary N) is 1. The van der Waals surface area contributed by atoms with Gasteiger partial charge in [-0.15, -0.1) is 0 Å². The molecule has 88 valence electrons. The molecule has 0 aliphatic carbocycles. The van der Waals surface area contributed by atoms with Crippen molar-refractivity contribution in [3.63, 3.8) is 0 Å². The summed E-state index contributed by atoms with van der Waals surface area (Å²) in [7, 11) is 0. The predicted octanol–water partition coefficient (Wildman–Crippen LogP) is 2.76. The van der Waals surface area contributed by atoms with E-state index in [2.05, 4.69) is 49.5 Å². The van der Waals surface area contributed by atoms with Crippen molar-refractivity contribution in [3.8, 4) is 0 Å². The fourth-order valence-electron chi connectivity index (χ4n) is 2.11. The summed E-state index contributed by atoms with van der Waals surface area (Å²) in [5.74, 6) is 0. The molecular formula is C14H21NO. The van der Waals surface area contributed by atoms with Gasteiger partial charge in [0, 0.05) is 18.0 Å². The maximum absolute atomic E-state index is 5.27. The Bertz CT molecular complexity index is 319. The van der Waals surface area contributed by atoms with Crippen LogP contribution in [-0.2, 0) is 4.74 Å². The molecule has 1 aliphatic rings. The molecule has 0 amide bonds. The second kappa shape index (κ2) is 4.98. The molecule has 0 radical (unpaired) electrons. The molecule has 0 spiro atoms. The summed E-state index contributed by atoms with van der Waals surface area (Å²) in [5, 5.41) is 3.65. The van der Waals surface area contributed by atoms with Crippen LogP contribution in [0.4, 0.5) is 0 Å². The highest BCUT2D eigenvalue weighted by molar-refractivity contribution is 5.18. The molecule has 1 atom stereocenters. The van der Waals surface area contributed by atoms with Gasteiger partial charge in [0.2, 0.25) is 0 Å². The van der Waals surface area contributed by atoms with Crippen molar-refractivity contribution in [3.05, 3.63) is 35.9 Å². The standard InChI is InChI=1S/C14H21NO/c1-3-13(12-7-5-4-6-8-12)15-9-14(2)10-16-11-14/h4-8,13,15H,3,9-11H2,1-2H3. The summed E-state index contributed by atoms with van der Waals surface area (Å²) in [6.45, 7) is 7.34. The largest absolute Gasteiger partial charge is 0.380 e. The van der Waals surface area contributed by atoms with Crippen LogP contribution in [0.1, 0.15) is 31.9 Å². The quantitative estimate of drug-likeness (QED) is 0.822. The molecule has 16 heavy (non-hydrogen) atoms. The third-order valence-electron chi connectivity index (χ3n) is 3.29. The summed E-state index contributed by atoms with van der Waals surface area (Å²) in [4.78, 5) is 0. The Morgan fingerprint density at radius 1 is 1.31 bits per heavy atom. The fraction of sp³-hybridized carbons (Fsp3) is 0.571. The smallest absolute Gasteiger partial charge is 0.0554 e. The molecule has 2 heteroatoms. The van der Waals surface area contributed by atoms with Crippen LogP contribution in [0.5, 0.6) is 0 Å².